The minimum absolute atomic E-state index is 0.00991. The van der Waals surface area contributed by atoms with Gasteiger partial charge in [0.05, 0.1) is 4.92 Å². The molecule has 0 bridgehead atoms. The third-order valence-corrected chi connectivity index (χ3v) is 1.91. The van der Waals surface area contributed by atoms with Crippen LogP contribution in [0.25, 0.3) is 0 Å². The fourth-order valence-corrected chi connectivity index (χ4v) is 1.24. The van der Waals surface area contributed by atoms with E-state index in [9.17, 15) is 19.7 Å². The number of rotatable bonds is 5. The van der Waals surface area contributed by atoms with Crippen LogP contribution in [0.15, 0.2) is 18.2 Å². The Morgan fingerprint density at radius 3 is 2.56 bits per heavy atom. The van der Waals surface area contributed by atoms with Gasteiger partial charge in [0, 0.05) is 18.7 Å². The quantitative estimate of drug-likeness (QED) is 0.632. The summed E-state index contributed by atoms with van der Waals surface area (Å²) in [5, 5.41) is 13.3. The molecule has 0 saturated carbocycles. The molecule has 1 amide bonds. The Labute approximate surface area is 103 Å². The molecule has 1 N–H and O–H groups in total. The molecular formula is C11H12N2O5. The van der Waals surface area contributed by atoms with Gasteiger partial charge >= 0.3 is 5.69 Å². The maximum absolute atomic E-state index is 10.8. The van der Waals surface area contributed by atoms with Crippen LogP contribution < -0.4 is 10.1 Å². The lowest BCUT2D eigenvalue weighted by molar-refractivity contribution is -0.385. The number of ketones is 1. The summed E-state index contributed by atoms with van der Waals surface area (Å²) < 4.78 is 5.02. The van der Waals surface area contributed by atoms with Gasteiger partial charge in [0.1, 0.15) is 6.61 Å². The van der Waals surface area contributed by atoms with Crippen molar-refractivity contribution in [2.24, 2.45) is 0 Å². The number of nitrogens with one attached hydrogen (secondary N) is 1. The SMILES string of the molecule is CC(=O)COc1ccc(NC(C)=O)cc1[N+](=O)[O-]. The van der Waals surface area contributed by atoms with Crippen molar-refractivity contribution in [3.63, 3.8) is 0 Å². The van der Waals surface area contributed by atoms with Crippen molar-refractivity contribution in [2.45, 2.75) is 13.8 Å². The molecule has 1 rings (SSSR count). The summed E-state index contributed by atoms with van der Waals surface area (Å²) in [5.74, 6) is -0.582. The Hall–Kier alpha value is -2.44. The molecule has 18 heavy (non-hydrogen) atoms. The number of benzene rings is 1. The van der Waals surface area contributed by atoms with E-state index in [2.05, 4.69) is 5.32 Å². The Balaban J connectivity index is 3.00. The zero-order chi connectivity index (χ0) is 13.7. The molecule has 0 atom stereocenters. The summed E-state index contributed by atoms with van der Waals surface area (Å²) in [6.45, 7) is 2.38. The largest absolute Gasteiger partial charge is 0.479 e. The van der Waals surface area contributed by atoms with E-state index in [4.69, 9.17) is 4.74 Å². The van der Waals surface area contributed by atoms with Gasteiger partial charge in [-0.1, -0.05) is 0 Å². The summed E-state index contributed by atoms with van der Waals surface area (Å²) in [6.07, 6.45) is 0. The van der Waals surface area contributed by atoms with Gasteiger partial charge in [-0.3, -0.25) is 19.7 Å². The molecule has 0 fully saturated rings. The van der Waals surface area contributed by atoms with Crippen LogP contribution in [0, 0.1) is 10.1 Å². The van der Waals surface area contributed by atoms with Crippen LogP contribution in [-0.4, -0.2) is 23.2 Å². The molecule has 0 heterocycles. The lowest BCUT2D eigenvalue weighted by Gasteiger charge is -2.07. The number of hydrogen-bond donors (Lipinski definition) is 1. The Kier molecular flexibility index (Phi) is 4.36. The number of carbonyl (C=O) groups is 2. The monoisotopic (exact) mass is 252 g/mol. The predicted octanol–water partition coefficient (Wildman–Crippen LogP) is 1.52. The Bertz CT molecular complexity index is 498. The van der Waals surface area contributed by atoms with E-state index in [1.807, 2.05) is 0 Å². The van der Waals surface area contributed by atoms with Crippen molar-refractivity contribution >= 4 is 23.1 Å². The van der Waals surface area contributed by atoms with Gasteiger partial charge in [-0.25, -0.2) is 0 Å². The molecule has 96 valence electrons. The molecule has 0 aliphatic carbocycles. The first kappa shape index (κ1) is 13.6. The van der Waals surface area contributed by atoms with Crippen LogP contribution in [0.1, 0.15) is 13.8 Å². The third-order valence-electron chi connectivity index (χ3n) is 1.91. The van der Waals surface area contributed by atoms with Gasteiger partial charge in [0.2, 0.25) is 5.91 Å². The first-order valence-electron chi connectivity index (χ1n) is 5.08. The molecule has 0 aromatic heterocycles. The van der Waals surface area contributed by atoms with Crippen LogP contribution in [0.4, 0.5) is 11.4 Å². The van der Waals surface area contributed by atoms with Crippen molar-refractivity contribution in [1.29, 1.82) is 0 Å². The number of Topliss-reactive ketones (excluding diaryl/α,β-unsaturated/α-hetero) is 1. The van der Waals surface area contributed by atoms with Crippen molar-refractivity contribution in [2.75, 3.05) is 11.9 Å². The summed E-state index contributed by atoms with van der Waals surface area (Å²) in [5.41, 5.74) is -0.00752. The highest BCUT2D eigenvalue weighted by Gasteiger charge is 2.16. The van der Waals surface area contributed by atoms with E-state index < -0.39 is 4.92 Å². The second-order valence-corrected chi connectivity index (χ2v) is 3.61. The topological polar surface area (TPSA) is 98.5 Å². The molecule has 0 aliphatic rings. The number of nitro benzene ring substituents is 1. The van der Waals surface area contributed by atoms with E-state index >= 15 is 0 Å². The minimum Gasteiger partial charge on any atom is -0.479 e. The number of nitrogens with zero attached hydrogens (tertiary/aromatic N) is 1. The van der Waals surface area contributed by atoms with Gasteiger partial charge in [0.25, 0.3) is 0 Å². The van der Waals surface area contributed by atoms with Crippen molar-refractivity contribution in [1.82, 2.24) is 0 Å². The molecule has 0 radical (unpaired) electrons. The first-order chi connectivity index (χ1) is 8.40. The van der Waals surface area contributed by atoms with Crippen LogP contribution in [0.5, 0.6) is 5.75 Å². The summed E-state index contributed by atoms with van der Waals surface area (Å²) in [6, 6.07) is 3.98. The van der Waals surface area contributed by atoms with E-state index in [0.717, 1.165) is 0 Å². The van der Waals surface area contributed by atoms with Crippen LogP contribution in [0.2, 0.25) is 0 Å². The van der Waals surface area contributed by atoms with Gasteiger partial charge in [-0.05, 0) is 19.1 Å². The normalized spacial score (nSPS) is 9.67. The third kappa shape index (κ3) is 3.85. The van der Waals surface area contributed by atoms with Gasteiger partial charge in [-0.15, -0.1) is 0 Å². The number of nitro groups is 1. The summed E-state index contributed by atoms with van der Waals surface area (Å²) in [4.78, 5) is 31.8. The highest BCUT2D eigenvalue weighted by Crippen LogP contribution is 2.30. The average Bonchev–Trinajstić information content (AvgIpc) is 2.26. The molecule has 0 unspecified atom stereocenters. The lowest BCUT2D eigenvalue weighted by Crippen LogP contribution is -2.09. The fourth-order valence-electron chi connectivity index (χ4n) is 1.24. The molecular weight excluding hydrogens is 240 g/mol. The van der Waals surface area contributed by atoms with E-state index in [-0.39, 0.29) is 29.7 Å². The smallest absolute Gasteiger partial charge is 0.313 e. The Morgan fingerprint density at radius 1 is 1.39 bits per heavy atom. The number of hydrogen-bond acceptors (Lipinski definition) is 5. The van der Waals surface area contributed by atoms with Gasteiger partial charge in [-0.2, -0.15) is 0 Å². The van der Waals surface area contributed by atoms with Crippen molar-refractivity contribution < 1.29 is 19.2 Å². The van der Waals surface area contributed by atoms with Crippen LogP contribution in [0.3, 0.4) is 0 Å². The maximum Gasteiger partial charge on any atom is 0.313 e. The lowest BCUT2D eigenvalue weighted by atomic mass is 10.2. The summed E-state index contributed by atoms with van der Waals surface area (Å²) >= 11 is 0. The zero-order valence-corrected chi connectivity index (χ0v) is 9.93. The summed E-state index contributed by atoms with van der Waals surface area (Å²) in [7, 11) is 0. The standard InChI is InChI=1S/C11H12N2O5/c1-7(14)6-18-11-4-3-9(12-8(2)15)5-10(11)13(16)17/h3-5H,6H2,1-2H3,(H,12,15). The molecule has 1 aromatic carbocycles. The van der Waals surface area contributed by atoms with Crippen LogP contribution >= 0.6 is 0 Å². The second kappa shape index (κ2) is 5.76. The van der Waals surface area contributed by atoms with Gasteiger partial charge in [0.15, 0.2) is 11.5 Å². The van der Waals surface area contributed by atoms with E-state index in [1.54, 1.807) is 0 Å². The zero-order valence-electron chi connectivity index (χ0n) is 9.93. The van der Waals surface area contributed by atoms with E-state index in [0.29, 0.717) is 5.69 Å². The molecule has 0 spiro atoms. The maximum atomic E-state index is 10.8. The first-order valence-corrected chi connectivity index (χ1v) is 5.08. The van der Waals surface area contributed by atoms with Crippen molar-refractivity contribution in [3.8, 4) is 5.75 Å². The highest BCUT2D eigenvalue weighted by molar-refractivity contribution is 5.89. The minimum atomic E-state index is -0.638. The molecule has 7 heteroatoms. The van der Waals surface area contributed by atoms with Crippen LogP contribution in [-0.2, 0) is 9.59 Å². The fraction of sp³-hybridized carbons (Fsp3) is 0.273. The molecule has 0 saturated heterocycles. The van der Waals surface area contributed by atoms with E-state index in [1.165, 1.54) is 32.0 Å². The second-order valence-electron chi connectivity index (χ2n) is 3.61. The molecule has 1 aromatic rings. The predicted molar refractivity (Wildman–Crippen MR) is 63.6 cm³/mol. The van der Waals surface area contributed by atoms with Gasteiger partial charge < -0.3 is 10.1 Å². The van der Waals surface area contributed by atoms with Crippen molar-refractivity contribution in [3.05, 3.63) is 28.3 Å². The molecule has 7 nitrogen and oxygen atoms in total. The average molecular weight is 252 g/mol. The molecule has 0 aliphatic heterocycles. The number of carbonyl (C=O) groups excluding carboxylic acids is 2. The Morgan fingerprint density at radius 2 is 2.06 bits per heavy atom. The number of anilines is 1. The number of amides is 1. The number of ether oxygens (including phenoxy) is 1. The highest BCUT2D eigenvalue weighted by atomic mass is 16.6.